The molecule has 5 heteroatoms. The average Bonchev–Trinajstić information content (AvgIpc) is 2.27. The van der Waals surface area contributed by atoms with E-state index in [0.29, 0.717) is 10.6 Å². The second-order valence-corrected chi connectivity index (χ2v) is 3.93. The topological polar surface area (TPSA) is 47.3 Å². The number of hydrazine groups is 1. The molecule has 3 nitrogen and oxygen atoms in total. The van der Waals surface area contributed by atoms with E-state index >= 15 is 0 Å². The maximum atomic E-state index is 13.7. The van der Waals surface area contributed by atoms with E-state index in [4.69, 9.17) is 22.2 Å². The van der Waals surface area contributed by atoms with Gasteiger partial charge in [0.05, 0.1) is 12.1 Å². The van der Waals surface area contributed by atoms with E-state index in [0.717, 1.165) is 6.42 Å². The van der Waals surface area contributed by atoms with E-state index in [9.17, 15) is 4.39 Å². The van der Waals surface area contributed by atoms with E-state index in [1.54, 1.807) is 19.2 Å². The molecule has 0 heterocycles. The third-order valence-corrected chi connectivity index (χ3v) is 2.79. The monoisotopic (exact) mass is 246 g/mol. The molecule has 1 rings (SSSR count). The number of halogens is 2. The maximum absolute atomic E-state index is 13.7. The van der Waals surface area contributed by atoms with Gasteiger partial charge in [-0.25, -0.2) is 4.39 Å². The van der Waals surface area contributed by atoms with E-state index in [-0.39, 0.29) is 18.0 Å². The number of methoxy groups -OCH3 is 1. The molecule has 3 N–H and O–H groups in total. The standard InChI is InChI=1S/C11H16ClFN2O/c1-3-10(16-2)11(15-14)8-5-4-7(12)6-9(8)13/h4-6,10-11,15H,3,14H2,1-2H3. The number of benzene rings is 1. The van der Waals surface area contributed by atoms with Gasteiger partial charge in [-0.3, -0.25) is 11.3 Å². The summed E-state index contributed by atoms with van der Waals surface area (Å²) >= 11 is 5.69. The van der Waals surface area contributed by atoms with Gasteiger partial charge < -0.3 is 4.74 Å². The molecule has 16 heavy (non-hydrogen) atoms. The van der Waals surface area contributed by atoms with Gasteiger partial charge in [-0.15, -0.1) is 0 Å². The first kappa shape index (κ1) is 13.4. The molecule has 0 aliphatic rings. The number of nitrogens with one attached hydrogen (secondary N) is 1. The fourth-order valence-corrected chi connectivity index (χ4v) is 1.85. The van der Waals surface area contributed by atoms with Crippen LogP contribution in [0, 0.1) is 5.82 Å². The van der Waals surface area contributed by atoms with Crippen molar-refractivity contribution < 1.29 is 9.13 Å². The Hall–Kier alpha value is -0.680. The third kappa shape index (κ3) is 2.92. The van der Waals surface area contributed by atoms with Gasteiger partial charge in [0.25, 0.3) is 0 Å². The number of rotatable bonds is 5. The molecule has 0 aliphatic heterocycles. The summed E-state index contributed by atoms with van der Waals surface area (Å²) in [5.41, 5.74) is 3.03. The zero-order chi connectivity index (χ0) is 12.1. The van der Waals surface area contributed by atoms with E-state index < -0.39 is 0 Å². The van der Waals surface area contributed by atoms with E-state index in [1.807, 2.05) is 6.92 Å². The summed E-state index contributed by atoms with van der Waals surface area (Å²) in [5, 5.41) is 0.363. The Balaban J connectivity index is 3.03. The first-order valence-corrected chi connectivity index (χ1v) is 5.45. The average molecular weight is 247 g/mol. The van der Waals surface area contributed by atoms with Crippen LogP contribution in [0.4, 0.5) is 4.39 Å². The van der Waals surface area contributed by atoms with Crippen molar-refractivity contribution in [2.75, 3.05) is 7.11 Å². The van der Waals surface area contributed by atoms with Crippen LogP contribution in [0.3, 0.4) is 0 Å². The molecule has 2 atom stereocenters. The van der Waals surface area contributed by atoms with Crippen LogP contribution in [-0.2, 0) is 4.74 Å². The molecule has 0 bridgehead atoms. The number of ether oxygens (including phenoxy) is 1. The van der Waals surface area contributed by atoms with Crippen LogP contribution in [0.2, 0.25) is 5.02 Å². The maximum Gasteiger partial charge on any atom is 0.129 e. The second-order valence-electron chi connectivity index (χ2n) is 3.49. The first-order chi connectivity index (χ1) is 7.63. The molecule has 0 saturated heterocycles. The Morgan fingerprint density at radius 2 is 2.25 bits per heavy atom. The Bertz CT molecular complexity index is 345. The van der Waals surface area contributed by atoms with Crippen LogP contribution in [0.15, 0.2) is 18.2 Å². The van der Waals surface area contributed by atoms with Crippen molar-refractivity contribution in [1.82, 2.24) is 5.43 Å². The second kappa shape index (κ2) is 6.15. The predicted molar refractivity (Wildman–Crippen MR) is 62.6 cm³/mol. The molecular formula is C11H16ClFN2O. The zero-order valence-corrected chi connectivity index (χ0v) is 10.1. The van der Waals surface area contributed by atoms with E-state index in [1.165, 1.54) is 6.07 Å². The van der Waals surface area contributed by atoms with Gasteiger partial charge in [0, 0.05) is 17.7 Å². The van der Waals surface area contributed by atoms with Gasteiger partial charge in [0.15, 0.2) is 0 Å². The highest BCUT2D eigenvalue weighted by Crippen LogP contribution is 2.25. The number of hydrogen-bond donors (Lipinski definition) is 2. The molecule has 0 aromatic heterocycles. The first-order valence-electron chi connectivity index (χ1n) is 5.07. The van der Waals surface area contributed by atoms with Crippen molar-refractivity contribution in [1.29, 1.82) is 0 Å². The van der Waals surface area contributed by atoms with Crippen molar-refractivity contribution in [2.24, 2.45) is 5.84 Å². The summed E-state index contributed by atoms with van der Waals surface area (Å²) in [6.07, 6.45) is 0.550. The summed E-state index contributed by atoms with van der Waals surface area (Å²) in [5.74, 6) is 5.05. The normalized spacial score (nSPS) is 14.8. The van der Waals surface area contributed by atoms with Crippen molar-refractivity contribution >= 4 is 11.6 Å². The number of hydrogen-bond acceptors (Lipinski definition) is 3. The molecule has 0 spiro atoms. The van der Waals surface area contributed by atoms with Crippen LogP contribution in [-0.4, -0.2) is 13.2 Å². The molecule has 0 radical (unpaired) electrons. The van der Waals surface area contributed by atoms with Gasteiger partial charge in [-0.1, -0.05) is 24.6 Å². The van der Waals surface area contributed by atoms with Gasteiger partial charge in [0.2, 0.25) is 0 Å². The Morgan fingerprint density at radius 1 is 1.56 bits per heavy atom. The molecule has 0 aliphatic carbocycles. The Morgan fingerprint density at radius 3 is 2.69 bits per heavy atom. The van der Waals surface area contributed by atoms with Crippen LogP contribution < -0.4 is 11.3 Å². The lowest BCUT2D eigenvalue weighted by Gasteiger charge is -2.25. The van der Waals surface area contributed by atoms with Crippen molar-refractivity contribution in [3.8, 4) is 0 Å². The highest BCUT2D eigenvalue weighted by molar-refractivity contribution is 6.30. The zero-order valence-electron chi connectivity index (χ0n) is 9.34. The largest absolute Gasteiger partial charge is 0.379 e. The van der Waals surface area contributed by atoms with Crippen molar-refractivity contribution in [3.05, 3.63) is 34.6 Å². The minimum absolute atomic E-state index is 0.180. The molecule has 0 amide bonds. The van der Waals surface area contributed by atoms with Crippen LogP contribution in [0.1, 0.15) is 24.9 Å². The van der Waals surface area contributed by atoms with Crippen LogP contribution in [0.5, 0.6) is 0 Å². The highest BCUT2D eigenvalue weighted by atomic mass is 35.5. The molecule has 1 aromatic rings. The minimum atomic E-state index is -0.383. The molecule has 90 valence electrons. The minimum Gasteiger partial charge on any atom is -0.379 e. The molecule has 0 fully saturated rings. The third-order valence-electron chi connectivity index (χ3n) is 2.55. The highest BCUT2D eigenvalue weighted by Gasteiger charge is 2.23. The lowest BCUT2D eigenvalue weighted by molar-refractivity contribution is 0.0639. The molecule has 2 unspecified atom stereocenters. The van der Waals surface area contributed by atoms with Crippen LogP contribution in [0.25, 0.3) is 0 Å². The fourth-order valence-electron chi connectivity index (χ4n) is 1.69. The Kier molecular flexibility index (Phi) is 5.15. The summed E-state index contributed by atoms with van der Waals surface area (Å²) < 4.78 is 18.9. The lowest BCUT2D eigenvalue weighted by Crippen LogP contribution is -2.37. The summed E-state index contributed by atoms with van der Waals surface area (Å²) in [6.45, 7) is 1.95. The Labute approximate surface area is 99.7 Å². The van der Waals surface area contributed by atoms with Gasteiger partial charge in [-0.2, -0.15) is 0 Å². The summed E-state index contributed by atoms with van der Waals surface area (Å²) in [7, 11) is 1.58. The molecular weight excluding hydrogens is 231 g/mol. The lowest BCUT2D eigenvalue weighted by atomic mass is 9.99. The fraction of sp³-hybridized carbons (Fsp3) is 0.455. The van der Waals surface area contributed by atoms with Crippen LogP contribution >= 0.6 is 11.6 Å². The molecule has 1 aromatic carbocycles. The SMILES string of the molecule is CCC(OC)C(NN)c1ccc(Cl)cc1F. The smallest absolute Gasteiger partial charge is 0.129 e. The van der Waals surface area contributed by atoms with Crippen molar-refractivity contribution in [3.63, 3.8) is 0 Å². The summed E-state index contributed by atoms with van der Waals surface area (Å²) in [4.78, 5) is 0. The predicted octanol–water partition coefficient (Wildman–Crippen LogP) is 2.41. The number of nitrogens with two attached hydrogens (primary N) is 1. The van der Waals surface area contributed by atoms with Gasteiger partial charge in [0.1, 0.15) is 5.82 Å². The summed E-state index contributed by atoms with van der Waals surface area (Å²) in [6, 6.07) is 4.13. The van der Waals surface area contributed by atoms with E-state index in [2.05, 4.69) is 5.43 Å². The van der Waals surface area contributed by atoms with Gasteiger partial charge in [-0.05, 0) is 18.6 Å². The molecule has 0 saturated carbocycles. The van der Waals surface area contributed by atoms with Crippen molar-refractivity contribution in [2.45, 2.75) is 25.5 Å². The quantitative estimate of drug-likeness (QED) is 0.620. The van der Waals surface area contributed by atoms with Gasteiger partial charge >= 0.3 is 0 Å².